The van der Waals surface area contributed by atoms with E-state index in [0.717, 1.165) is 22.2 Å². The van der Waals surface area contributed by atoms with Crippen LogP contribution in [0.15, 0.2) is 36.4 Å². The number of sulfonamides is 1. The van der Waals surface area contributed by atoms with E-state index in [1.165, 1.54) is 12.1 Å². The first-order valence-electron chi connectivity index (χ1n) is 8.53. The van der Waals surface area contributed by atoms with Crippen LogP contribution in [0.4, 0.5) is 11.4 Å². The van der Waals surface area contributed by atoms with Crippen LogP contribution < -0.4 is 19.1 Å². The number of aryl methyl sites for hydroxylation is 1. The topological polar surface area (TPSA) is 128 Å². The van der Waals surface area contributed by atoms with Crippen LogP contribution in [0, 0.1) is 17.0 Å². The molecule has 1 aliphatic heterocycles. The van der Waals surface area contributed by atoms with E-state index in [2.05, 4.69) is 5.32 Å². The van der Waals surface area contributed by atoms with E-state index in [-0.39, 0.29) is 24.7 Å². The fourth-order valence-electron chi connectivity index (χ4n) is 2.80. The van der Waals surface area contributed by atoms with Gasteiger partial charge in [-0.25, -0.2) is 8.42 Å². The van der Waals surface area contributed by atoms with Crippen molar-refractivity contribution < 1.29 is 27.6 Å². The summed E-state index contributed by atoms with van der Waals surface area (Å²) in [5.74, 6) is 0.630. The van der Waals surface area contributed by atoms with E-state index in [1.807, 2.05) is 0 Å². The Balaban J connectivity index is 1.75. The number of hydrogen-bond acceptors (Lipinski definition) is 7. The number of nitrogens with one attached hydrogen (secondary N) is 1. The molecule has 3 rings (SSSR count). The molecule has 10 nitrogen and oxygen atoms in total. The molecule has 11 heteroatoms. The van der Waals surface area contributed by atoms with Crippen LogP contribution in [0.5, 0.6) is 11.5 Å². The second-order valence-corrected chi connectivity index (χ2v) is 8.37. The molecule has 0 atom stereocenters. The van der Waals surface area contributed by atoms with Crippen molar-refractivity contribution in [3.63, 3.8) is 0 Å². The maximum atomic E-state index is 12.4. The first-order valence-corrected chi connectivity index (χ1v) is 10.4. The molecule has 0 aromatic heterocycles. The summed E-state index contributed by atoms with van der Waals surface area (Å²) in [6.45, 7) is 1.39. The van der Waals surface area contributed by atoms with Crippen molar-refractivity contribution in [2.75, 3.05) is 23.9 Å². The van der Waals surface area contributed by atoms with Gasteiger partial charge in [-0.3, -0.25) is 19.2 Å². The minimum atomic E-state index is -3.86. The number of hydrogen-bond donors (Lipinski definition) is 1. The van der Waals surface area contributed by atoms with Gasteiger partial charge in [0.25, 0.3) is 5.69 Å². The van der Waals surface area contributed by atoms with Crippen molar-refractivity contribution >= 4 is 27.3 Å². The van der Waals surface area contributed by atoms with Crippen molar-refractivity contribution in [1.29, 1.82) is 0 Å². The number of nitrogens with zero attached hydrogens (tertiary/aromatic N) is 2. The summed E-state index contributed by atoms with van der Waals surface area (Å²) >= 11 is 0. The lowest BCUT2D eigenvalue weighted by Gasteiger charge is -2.23. The maximum absolute atomic E-state index is 12.4. The third-order valence-electron chi connectivity index (χ3n) is 4.29. The molecule has 0 saturated carbocycles. The molecule has 0 unspecified atom stereocenters. The van der Waals surface area contributed by atoms with Gasteiger partial charge in [-0.2, -0.15) is 0 Å². The van der Waals surface area contributed by atoms with Gasteiger partial charge in [0.15, 0.2) is 11.5 Å². The molecule has 0 bridgehead atoms. The summed E-state index contributed by atoms with van der Waals surface area (Å²) in [7, 11) is -3.86. The number of amides is 1. The Kier molecular flexibility index (Phi) is 5.59. The number of benzene rings is 2. The molecule has 0 saturated heterocycles. The zero-order valence-electron chi connectivity index (χ0n) is 15.7. The lowest BCUT2D eigenvalue weighted by Crippen LogP contribution is -2.40. The predicted molar refractivity (Wildman–Crippen MR) is 104 cm³/mol. The van der Waals surface area contributed by atoms with Crippen molar-refractivity contribution in [3.05, 3.63) is 57.6 Å². The van der Waals surface area contributed by atoms with Gasteiger partial charge in [-0.05, 0) is 30.2 Å². The van der Waals surface area contributed by atoms with Crippen LogP contribution in [-0.4, -0.2) is 38.8 Å². The minimum absolute atomic E-state index is 0.0833. The van der Waals surface area contributed by atoms with Crippen molar-refractivity contribution in [2.45, 2.75) is 13.5 Å². The summed E-state index contributed by atoms with van der Waals surface area (Å²) in [6.07, 6.45) is 0.941. The molecule has 154 valence electrons. The van der Waals surface area contributed by atoms with E-state index in [1.54, 1.807) is 25.1 Å². The molecule has 0 spiro atoms. The van der Waals surface area contributed by atoms with E-state index < -0.39 is 27.4 Å². The molecule has 29 heavy (non-hydrogen) atoms. The Morgan fingerprint density at radius 3 is 2.62 bits per heavy atom. The molecule has 2 aromatic carbocycles. The van der Waals surface area contributed by atoms with Crippen LogP contribution >= 0.6 is 0 Å². The third-order valence-corrected chi connectivity index (χ3v) is 5.41. The summed E-state index contributed by atoms with van der Waals surface area (Å²) < 4.78 is 35.9. The predicted octanol–water partition coefficient (Wildman–Crippen LogP) is 1.71. The average Bonchev–Trinajstić information content (AvgIpc) is 3.12. The molecular weight excluding hydrogens is 402 g/mol. The van der Waals surface area contributed by atoms with Gasteiger partial charge < -0.3 is 14.8 Å². The van der Waals surface area contributed by atoms with Crippen LogP contribution in [0.1, 0.15) is 11.1 Å². The van der Waals surface area contributed by atoms with E-state index in [0.29, 0.717) is 17.1 Å². The molecule has 1 heterocycles. The highest BCUT2D eigenvalue weighted by Gasteiger charge is 2.24. The second kappa shape index (κ2) is 7.95. The quantitative estimate of drug-likeness (QED) is 0.532. The van der Waals surface area contributed by atoms with E-state index >= 15 is 0 Å². The number of anilines is 1. The fourth-order valence-corrected chi connectivity index (χ4v) is 3.70. The number of nitro groups is 1. The summed E-state index contributed by atoms with van der Waals surface area (Å²) in [5, 5.41) is 13.7. The largest absolute Gasteiger partial charge is 0.454 e. The molecule has 0 fully saturated rings. The zero-order valence-corrected chi connectivity index (χ0v) is 16.6. The average molecular weight is 421 g/mol. The van der Waals surface area contributed by atoms with Crippen molar-refractivity contribution in [3.8, 4) is 11.5 Å². The standard InChI is InChI=1S/C18H19N3O7S/c1-12-3-5-14(21(23)24)8-15(12)20(29(2,25)26)10-18(22)19-9-13-4-6-16-17(7-13)28-11-27-16/h3-8H,9-11H2,1-2H3,(H,19,22). The molecule has 1 amide bonds. The summed E-state index contributed by atoms with van der Waals surface area (Å²) in [5.41, 5.74) is 1.06. The third kappa shape index (κ3) is 4.74. The van der Waals surface area contributed by atoms with Gasteiger partial charge in [0, 0.05) is 18.7 Å². The number of carbonyl (C=O) groups is 1. The summed E-state index contributed by atoms with van der Waals surface area (Å²) in [6, 6.07) is 9.06. The Morgan fingerprint density at radius 1 is 1.21 bits per heavy atom. The van der Waals surface area contributed by atoms with Crippen LogP contribution in [0.3, 0.4) is 0 Å². The highest BCUT2D eigenvalue weighted by molar-refractivity contribution is 7.92. The lowest BCUT2D eigenvalue weighted by molar-refractivity contribution is -0.384. The SMILES string of the molecule is Cc1ccc([N+](=O)[O-])cc1N(CC(=O)NCc1ccc2c(c1)OCO2)S(C)(=O)=O. The Morgan fingerprint density at radius 2 is 1.93 bits per heavy atom. The van der Waals surface area contributed by atoms with Crippen LogP contribution in [0.2, 0.25) is 0 Å². The number of non-ortho nitro benzene ring substituents is 1. The number of rotatable bonds is 7. The van der Waals surface area contributed by atoms with E-state index in [4.69, 9.17) is 9.47 Å². The Hall–Kier alpha value is -3.34. The number of nitro benzene ring substituents is 1. The van der Waals surface area contributed by atoms with Gasteiger partial charge in [-0.15, -0.1) is 0 Å². The Bertz CT molecular complexity index is 1070. The second-order valence-electron chi connectivity index (χ2n) is 6.46. The van der Waals surface area contributed by atoms with Crippen LogP contribution in [0.25, 0.3) is 0 Å². The zero-order chi connectivity index (χ0) is 21.2. The first-order chi connectivity index (χ1) is 13.6. The normalized spacial score (nSPS) is 12.5. The fraction of sp³-hybridized carbons (Fsp3) is 0.278. The summed E-state index contributed by atoms with van der Waals surface area (Å²) in [4.78, 5) is 22.8. The molecule has 2 aromatic rings. The molecule has 0 radical (unpaired) electrons. The van der Waals surface area contributed by atoms with Gasteiger partial charge in [0.1, 0.15) is 6.54 Å². The van der Waals surface area contributed by atoms with Gasteiger partial charge in [-0.1, -0.05) is 12.1 Å². The highest BCUT2D eigenvalue weighted by Crippen LogP contribution is 2.32. The number of carbonyl (C=O) groups excluding carboxylic acids is 1. The van der Waals surface area contributed by atoms with Crippen molar-refractivity contribution in [1.82, 2.24) is 5.32 Å². The molecule has 1 aliphatic rings. The highest BCUT2D eigenvalue weighted by atomic mass is 32.2. The lowest BCUT2D eigenvalue weighted by atomic mass is 10.2. The Labute approximate surface area is 167 Å². The van der Waals surface area contributed by atoms with Crippen LogP contribution in [-0.2, 0) is 21.4 Å². The monoisotopic (exact) mass is 421 g/mol. The van der Waals surface area contributed by atoms with E-state index in [9.17, 15) is 23.3 Å². The van der Waals surface area contributed by atoms with Gasteiger partial charge >= 0.3 is 0 Å². The first kappa shape index (κ1) is 20.4. The van der Waals surface area contributed by atoms with Gasteiger partial charge in [0.05, 0.1) is 16.9 Å². The number of fused-ring (bicyclic) bond motifs is 1. The maximum Gasteiger partial charge on any atom is 0.271 e. The molecule has 0 aliphatic carbocycles. The number of ether oxygens (including phenoxy) is 2. The van der Waals surface area contributed by atoms with Crippen molar-refractivity contribution in [2.24, 2.45) is 0 Å². The minimum Gasteiger partial charge on any atom is -0.454 e. The smallest absolute Gasteiger partial charge is 0.271 e. The molecule has 1 N–H and O–H groups in total. The molecular formula is C18H19N3O7S. The van der Waals surface area contributed by atoms with Gasteiger partial charge in [0.2, 0.25) is 22.7 Å².